The van der Waals surface area contributed by atoms with Crippen molar-refractivity contribution in [1.82, 2.24) is 4.98 Å². The zero-order valence-corrected chi connectivity index (χ0v) is 9.55. The molecule has 17 heavy (non-hydrogen) atoms. The predicted molar refractivity (Wildman–Crippen MR) is 63.8 cm³/mol. The first-order valence-electron chi connectivity index (χ1n) is 4.82. The smallest absolute Gasteiger partial charge is 0.298 e. The summed E-state index contributed by atoms with van der Waals surface area (Å²) >= 11 is 0. The van der Waals surface area contributed by atoms with Gasteiger partial charge in [0.2, 0.25) is 0 Å². The number of nitrogens with one attached hydrogen (secondary N) is 1. The third-order valence-corrected chi connectivity index (χ3v) is 2.97. The highest BCUT2D eigenvalue weighted by Crippen LogP contribution is 2.21. The molecular formula is C11H10N2O3S. The molecule has 0 spiro atoms. The van der Waals surface area contributed by atoms with E-state index in [9.17, 15) is 8.42 Å². The van der Waals surface area contributed by atoms with Crippen LogP contribution in [0.1, 0.15) is 0 Å². The molecule has 6 heteroatoms. The molecule has 0 fully saturated rings. The van der Waals surface area contributed by atoms with E-state index in [1.165, 1.54) is 18.3 Å². The molecule has 1 heterocycles. The van der Waals surface area contributed by atoms with Crippen molar-refractivity contribution in [2.75, 3.05) is 5.32 Å². The zero-order valence-electron chi connectivity index (χ0n) is 8.74. The monoisotopic (exact) mass is 250 g/mol. The van der Waals surface area contributed by atoms with Crippen LogP contribution in [0.15, 0.2) is 53.6 Å². The number of rotatable bonds is 3. The number of aromatic nitrogens is 1. The first-order valence-corrected chi connectivity index (χ1v) is 6.26. The predicted octanol–water partition coefficient (Wildman–Crippen LogP) is 2.07. The lowest BCUT2D eigenvalue weighted by molar-refractivity contribution is 0.483. The maximum absolute atomic E-state index is 11.1. The second-order valence-electron chi connectivity index (χ2n) is 3.32. The Kier molecular flexibility index (Phi) is 3.08. The average Bonchev–Trinajstić information content (AvgIpc) is 2.30. The standard InChI is InChI=1S/C11H10N2O3S/c14-17(15,16)10-7-4-8-12-11(10)13-9-5-2-1-3-6-9/h1-8H,(H,12,13)(H,14,15,16). The minimum Gasteiger partial charge on any atom is -0.339 e. The Balaban J connectivity index is 2.41. The maximum atomic E-state index is 11.1. The normalized spacial score (nSPS) is 11.1. The minimum absolute atomic E-state index is 0.0983. The Morgan fingerprint density at radius 3 is 2.41 bits per heavy atom. The lowest BCUT2D eigenvalue weighted by Gasteiger charge is -2.08. The summed E-state index contributed by atoms with van der Waals surface area (Å²) in [4.78, 5) is 3.64. The highest BCUT2D eigenvalue weighted by molar-refractivity contribution is 7.86. The van der Waals surface area contributed by atoms with Crippen molar-refractivity contribution in [1.29, 1.82) is 0 Å². The summed E-state index contributed by atoms with van der Waals surface area (Å²) in [6.45, 7) is 0. The van der Waals surface area contributed by atoms with Crippen molar-refractivity contribution in [3.05, 3.63) is 48.7 Å². The number of hydrogen-bond acceptors (Lipinski definition) is 4. The van der Waals surface area contributed by atoms with E-state index in [0.29, 0.717) is 5.69 Å². The molecule has 0 unspecified atom stereocenters. The molecule has 0 bridgehead atoms. The zero-order chi connectivity index (χ0) is 12.3. The Bertz CT molecular complexity index is 612. The van der Waals surface area contributed by atoms with E-state index in [-0.39, 0.29) is 10.7 Å². The molecule has 2 rings (SSSR count). The molecule has 0 atom stereocenters. The van der Waals surface area contributed by atoms with Gasteiger partial charge in [0.05, 0.1) is 0 Å². The molecule has 1 aromatic heterocycles. The van der Waals surface area contributed by atoms with Gasteiger partial charge in [0.1, 0.15) is 4.90 Å². The van der Waals surface area contributed by atoms with Gasteiger partial charge in [-0.25, -0.2) is 4.98 Å². The summed E-state index contributed by atoms with van der Waals surface area (Å²) in [5, 5.41) is 2.83. The maximum Gasteiger partial charge on any atom is 0.298 e. The molecule has 2 N–H and O–H groups in total. The minimum atomic E-state index is -4.28. The molecule has 2 aromatic rings. The van der Waals surface area contributed by atoms with Crippen LogP contribution in [0, 0.1) is 0 Å². The SMILES string of the molecule is O=S(=O)(O)c1cccnc1Nc1ccccc1. The fourth-order valence-corrected chi connectivity index (χ4v) is 1.95. The van der Waals surface area contributed by atoms with Crippen LogP contribution in [0.3, 0.4) is 0 Å². The van der Waals surface area contributed by atoms with Gasteiger partial charge in [-0.1, -0.05) is 18.2 Å². The first kappa shape index (κ1) is 11.6. The van der Waals surface area contributed by atoms with E-state index in [1.807, 2.05) is 6.07 Å². The van der Waals surface area contributed by atoms with Crippen molar-refractivity contribution in [3.63, 3.8) is 0 Å². The van der Waals surface area contributed by atoms with Crippen molar-refractivity contribution in [3.8, 4) is 0 Å². The number of hydrogen-bond donors (Lipinski definition) is 2. The van der Waals surface area contributed by atoms with Crippen molar-refractivity contribution >= 4 is 21.6 Å². The van der Waals surface area contributed by atoms with Crippen LogP contribution in [0.2, 0.25) is 0 Å². The highest BCUT2D eigenvalue weighted by atomic mass is 32.2. The first-order chi connectivity index (χ1) is 8.07. The summed E-state index contributed by atoms with van der Waals surface area (Å²) in [6.07, 6.45) is 1.44. The van der Waals surface area contributed by atoms with Crippen molar-refractivity contribution in [2.24, 2.45) is 0 Å². The summed E-state index contributed by atoms with van der Waals surface area (Å²) in [5.74, 6) is 0.0983. The topological polar surface area (TPSA) is 79.3 Å². The average molecular weight is 250 g/mol. The van der Waals surface area contributed by atoms with Gasteiger partial charge < -0.3 is 5.32 Å². The van der Waals surface area contributed by atoms with Crippen LogP contribution < -0.4 is 5.32 Å². The van der Waals surface area contributed by atoms with Crippen LogP contribution in [-0.4, -0.2) is 18.0 Å². The van der Waals surface area contributed by atoms with Crippen molar-refractivity contribution in [2.45, 2.75) is 4.90 Å². The van der Waals surface area contributed by atoms with Crippen LogP contribution >= 0.6 is 0 Å². The number of para-hydroxylation sites is 1. The van der Waals surface area contributed by atoms with Gasteiger partial charge in [-0.3, -0.25) is 4.55 Å². The molecule has 0 aliphatic heterocycles. The van der Waals surface area contributed by atoms with E-state index in [4.69, 9.17) is 4.55 Å². The molecule has 0 aliphatic carbocycles. The van der Waals surface area contributed by atoms with E-state index in [0.717, 1.165) is 0 Å². The fourth-order valence-electron chi connectivity index (χ4n) is 1.35. The van der Waals surface area contributed by atoms with Gasteiger partial charge in [0.15, 0.2) is 5.82 Å². The molecule has 0 aliphatic rings. The van der Waals surface area contributed by atoms with Gasteiger partial charge in [0, 0.05) is 11.9 Å². The summed E-state index contributed by atoms with van der Waals surface area (Å²) in [6, 6.07) is 11.7. The number of nitrogens with zero attached hydrogens (tertiary/aromatic N) is 1. The third kappa shape index (κ3) is 2.80. The lowest BCUT2D eigenvalue weighted by Crippen LogP contribution is -2.04. The lowest BCUT2D eigenvalue weighted by atomic mass is 10.3. The number of pyridine rings is 1. The molecule has 0 saturated carbocycles. The quantitative estimate of drug-likeness (QED) is 0.815. The van der Waals surface area contributed by atoms with E-state index in [1.54, 1.807) is 24.3 Å². The number of anilines is 2. The molecule has 88 valence electrons. The van der Waals surface area contributed by atoms with Crippen molar-refractivity contribution < 1.29 is 13.0 Å². The van der Waals surface area contributed by atoms with Crippen LogP contribution in [0.4, 0.5) is 11.5 Å². The Morgan fingerprint density at radius 2 is 1.76 bits per heavy atom. The highest BCUT2D eigenvalue weighted by Gasteiger charge is 2.15. The van der Waals surface area contributed by atoms with E-state index < -0.39 is 10.1 Å². The summed E-state index contributed by atoms with van der Waals surface area (Å²) in [7, 11) is -4.28. The molecule has 0 saturated heterocycles. The van der Waals surface area contributed by atoms with E-state index in [2.05, 4.69) is 10.3 Å². The fraction of sp³-hybridized carbons (Fsp3) is 0. The second kappa shape index (κ2) is 4.52. The van der Waals surface area contributed by atoms with E-state index >= 15 is 0 Å². The Labute approximate surface area is 98.9 Å². The summed E-state index contributed by atoms with van der Waals surface area (Å²) < 4.78 is 31.3. The van der Waals surface area contributed by atoms with Gasteiger partial charge >= 0.3 is 0 Å². The van der Waals surface area contributed by atoms with Gasteiger partial charge in [0.25, 0.3) is 10.1 Å². The van der Waals surface area contributed by atoms with Crippen LogP contribution in [0.5, 0.6) is 0 Å². The number of benzene rings is 1. The molecule has 0 amide bonds. The molecular weight excluding hydrogens is 240 g/mol. The molecule has 1 aromatic carbocycles. The summed E-state index contributed by atoms with van der Waals surface area (Å²) in [5.41, 5.74) is 0.691. The second-order valence-corrected chi connectivity index (χ2v) is 4.71. The Hall–Kier alpha value is -1.92. The van der Waals surface area contributed by atoms with Crippen LogP contribution in [-0.2, 0) is 10.1 Å². The molecule has 5 nitrogen and oxygen atoms in total. The third-order valence-electron chi connectivity index (χ3n) is 2.09. The molecule has 0 radical (unpaired) electrons. The van der Waals surface area contributed by atoms with Gasteiger partial charge in [-0.15, -0.1) is 0 Å². The van der Waals surface area contributed by atoms with Gasteiger partial charge in [-0.05, 0) is 24.3 Å². The largest absolute Gasteiger partial charge is 0.339 e. The van der Waals surface area contributed by atoms with Crippen LogP contribution in [0.25, 0.3) is 0 Å². The van der Waals surface area contributed by atoms with Gasteiger partial charge in [-0.2, -0.15) is 8.42 Å². The Morgan fingerprint density at radius 1 is 1.06 bits per heavy atom.